The van der Waals surface area contributed by atoms with E-state index in [-0.39, 0.29) is 0 Å². The van der Waals surface area contributed by atoms with Gasteiger partial charge in [-0.2, -0.15) is 0 Å². The highest BCUT2D eigenvalue weighted by molar-refractivity contribution is 5.82. The Morgan fingerprint density at radius 3 is 2.83 bits per heavy atom. The van der Waals surface area contributed by atoms with Crippen LogP contribution >= 0.6 is 0 Å². The first-order valence-corrected chi connectivity index (χ1v) is 7.94. The molecule has 0 amide bonds. The second kappa shape index (κ2) is 5.54. The van der Waals surface area contributed by atoms with Gasteiger partial charge in [0.1, 0.15) is 5.75 Å². The first-order valence-electron chi connectivity index (χ1n) is 7.94. The van der Waals surface area contributed by atoms with E-state index in [0.717, 1.165) is 47.7 Å². The Hall–Kier alpha value is -2.62. The molecule has 1 aromatic heterocycles. The number of fused-ring (bicyclic) bond motifs is 2. The van der Waals surface area contributed by atoms with Gasteiger partial charge in [-0.15, -0.1) is 0 Å². The van der Waals surface area contributed by atoms with Crippen molar-refractivity contribution >= 4 is 22.5 Å². The summed E-state index contributed by atoms with van der Waals surface area (Å²) in [6.45, 7) is 2.99. The highest BCUT2D eigenvalue weighted by atomic mass is 16.5. The molecule has 0 saturated carbocycles. The van der Waals surface area contributed by atoms with Crippen molar-refractivity contribution in [2.75, 3.05) is 18.6 Å². The van der Waals surface area contributed by atoms with Crippen LogP contribution in [0, 0.1) is 6.92 Å². The number of nitrogens with zero attached hydrogens (tertiary/aromatic N) is 3. The second-order valence-corrected chi connectivity index (χ2v) is 5.88. The van der Waals surface area contributed by atoms with E-state index >= 15 is 0 Å². The quantitative estimate of drug-likeness (QED) is 0.716. The summed E-state index contributed by atoms with van der Waals surface area (Å²) in [6, 6.07) is 14.4. The molecule has 4 heteroatoms. The minimum atomic E-state index is 0.785. The van der Waals surface area contributed by atoms with Crippen LogP contribution in [0.1, 0.15) is 17.7 Å². The van der Waals surface area contributed by atoms with Crippen molar-refractivity contribution < 1.29 is 4.74 Å². The number of methoxy groups -OCH3 is 1. The highest BCUT2D eigenvalue weighted by Crippen LogP contribution is 2.34. The van der Waals surface area contributed by atoms with Crippen molar-refractivity contribution in [2.45, 2.75) is 19.8 Å². The zero-order chi connectivity index (χ0) is 15.8. The van der Waals surface area contributed by atoms with Gasteiger partial charge in [-0.25, -0.2) is 9.97 Å². The number of hydrogen-bond acceptors (Lipinski definition) is 4. The van der Waals surface area contributed by atoms with Crippen molar-refractivity contribution in [3.05, 3.63) is 53.7 Å². The largest absolute Gasteiger partial charge is 0.497 e. The van der Waals surface area contributed by atoms with Gasteiger partial charge in [0.15, 0.2) is 0 Å². The van der Waals surface area contributed by atoms with Gasteiger partial charge in [0.25, 0.3) is 0 Å². The third-order valence-electron chi connectivity index (χ3n) is 4.43. The molecule has 2 heterocycles. The number of para-hydroxylation sites is 1. The third-order valence-corrected chi connectivity index (χ3v) is 4.43. The van der Waals surface area contributed by atoms with Gasteiger partial charge in [0.2, 0.25) is 5.95 Å². The van der Waals surface area contributed by atoms with Gasteiger partial charge in [-0.3, -0.25) is 0 Å². The van der Waals surface area contributed by atoms with Crippen LogP contribution in [0.15, 0.2) is 42.5 Å². The van der Waals surface area contributed by atoms with E-state index in [4.69, 9.17) is 14.7 Å². The van der Waals surface area contributed by atoms with Gasteiger partial charge < -0.3 is 9.64 Å². The molecule has 0 atom stereocenters. The molecular formula is C19H19N3O. The monoisotopic (exact) mass is 305 g/mol. The summed E-state index contributed by atoms with van der Waals surface area (Å²) in [5, 5.41) is 1.11. The summed E-state index contributed by atoms with van der Waals surface area (Å²) in [6.07, 6.45) is 2.16. The second-order valence-electron chi connectivity index (χ2n) is 5.88. The number of benzene rings is 2. The number of anilines is 2. The molecule has 116 valence electrons. The van der Waals surface area contributed by atoms with Crippen molar-refractivity contribution in [2.24, 2.45) is 0 Å². The molecule has 0 fully saturated rings. The maximum atomic E-state index is 5.35. The van der Waals surface area contributed by atoms with E-state index in [1.165, 1.54) is 11.3 Å². The van der Waals surface area contributed by atoms with E-state index < -0.39 is 0 Å². The molecule has 1 aliphatic heterocycles. The lowest BCUT2D eigenvalue weighted by molar-refractivity contribution is 0.414. The van der Waals surface area contributed by atoms with Crippen molar-refractivity contribution in [3.63, 3.8) is 0 Å². The topological polar surface area (TPSA) is 38.2 Å². The van der Waals surface area contributed by atoms with Crippen molar-refractivity contribution in [1.29, 1.82) is 0 Å². The summed E-state index contributed by atoms with van der Waals surface area (Å²) in [5.74, 6) is 1.69. The Balaban J connectivity index is 1.83. The fourth-order valence-electron chi connectivity index (χ4n) is 3.25. The Labute approximate surface area is 135 Å². The molecule has 2 aromatic carbocycles. The molecule has 23 heavy (non-hydrogen) atoms. The van der Waals surface area contributed by atoms with Crippen LogP contribution in [0.2, 0.25) is 0 Å². The Bertz CT molecular complexity index is 876. The van der Waals surface area contributed by atoms with Crippen molar-refractivity contribution in [1.82, 2.24) is 9.97 Å². The number of hydrogen-bond donors (Lipinski definition) is 0. The molecular weight excluding hydrogens is 286 g/mol. The van der Waals surface area contributed by atoms with Crippen LogP contribution in [0.3, 0.4) is 0 Å². The lowest BCUT2D eigenvalue weighted by Crippen LogP contribution is -2.26. The molecule has 4 rings (SSSR count). The molecule has 0 saturated heterocycles. The maximum Gasteiger partial charge on any atom is 0.230 e. The summed E-state index contributed by atoms with van der Waals surface area (Å²) < 4.78 is 5.35. The van der Waals surface area contributed by atoms with Crippen LogP contribution in [-0.4, -0.2) is 23.6 Å². The minimum absolute atomic E-state index is 0.785. The van der Waals surface area contributed by atoms with Crippen LogP contribution in [-0.2, 0) is 6.42 Å². The fraction of sp³-hybridized carbons (Fsp3) is 0.263. The van der Waals surface area contributed by atoms with E-state index in [9.17, 15) is 0 Å². The summed E-state index contributed by atoms with van der Waals surface area (Å²) >= 11 is 0. The molecule has 0 aliphatic carbocycles. The van der Waals surface area contributed by atoms with Crippen LogP contribution in [0.25, 0.3) is 10.9 Å². The van der Waals surface area contributed by atoms with Gasteiger partial charge >= 0.3 is 0 Å². The van der Waals surface area contributed by atoms with E-state index in [1.807, 2.05) is 31.2 Å². The number of aromatic nitrogens is 2. The number of rotatable bonds is 2. The standard InChI is InChI=1S/C19H19N3O/c1-13-16-7-3-4-8-17(16)21-19(20-13)22-11-5-6-14-12-15(23-2)9-10-18(14)22/h3-4,7-10,12H,5-6,11H2,1-2H3. The van der Waals surface area contributed by atoms with E-state index in [2.05, 4.69) is 23.1 Å². The average molecular weight is 305 g/mol. The highest BCUT2D eigenvalue weighted by Gasteiger charge is 2.21. The number of ether oxygens (including phenoxy) is 1. The van der Waals surface area contributed by atoms with Crippen LogP contribution in [0.4, 0.5) is 11.6 Å². The normalized spacial score (nSPS) is 13.9. The van der Waals surface area contributed by atoms with E-state index in [0.29, 0.717) is 0 Å². The predicted octanol–water partition coefficient (Wildman–Crippen LogP) is 4.03. The maximum absolute atomic E-state index is 5.35. The lowest BCUT2D eigenvalue weighted by Gasteiger charge is -2.30. The third kappa shape index (κ3) is 2.40. The molecule has 0 N–H and O–H groups in total. The average Bonchev–Trinajstić information content (AvgIpc) is 2.60. The molecule has 1 aliphatic rings. The summed E-state index contributed by atoms with van der Waals surface area (Å²) in [7, 11) is 1.71. The molecule has 3 aromatic rings. The minimum Gasteiger partial charge on any atom is -0.497 e. The van der Waals surface area contributed by atoms with E-state index in [1.54, 1.807) is 7.11 Å². The first kappa shape index (κ1) is 14.0. The molecule has 0 unspecified atom stereocenters. The molecule has 0 spiro atoms. The Kier molecular flexibility index (Phi) is 3.37. The lowest BCUT2D eigenvalue weighted by atomic mass is 10.0. The number of aryl methyl sites for hydroxylation is 2. The summed E-state index contributed by atoms with van der Waals surface area (Å²) in [5.41, 5.74) is 4.50. The SMILES string of the molecule is COc1ccc2c(c1)CCCN2c1nc(C)c2ccccc2n1. The first-order chi connectivity index (χ1) is 11.3. The van der Waals surface area contributed by atoms with Gasteiger partial charge in [0.05, 0.1) is 18.3 Å². The molecule has 0 radical (unpaired) electrons. The zero-order valence-electron chi connectivity index (χ0n) is 13.4. The van der Waals surface area contributed by atoms with Gasteiger partial charge in [-0.1, -0.05) is 18.2 Å². The zero-order valence-corrected chi connectivity index (χ0v) is 13.4. The fourth-order valence-corrected chi connectivity index (χ4v) is 3.25. The van der Waals surface area contributed by atoms with Crippen LogP contribution in [0.5, 0.6) is 5.75 Å². The van der Waals surface area contributed by atoms with Gasteiger partial charge in [0, 0.05) is 17.6 Å². The summed E-state index contributed by atoms with van der Waals surface area (Å²) in [4.78, 5) is 11.8. The van der Waals surface area contributed by atoms with Gasteiger partial charge in [-0.05, 0) is 49.6 Å². The Morgan fingerprint density at radius 2 is 1.96 bits per heavy atom. The Morgan fingerprint density at radius 1 is 1.09 bits per heavy atom. The predicted molar refractivity (Wildman–Crippen MR) is 92.6 cm³/mol. The van der Waals surface area contributed by atoms with Crippen LogP contribution < -0.4 is 9.64 Å². The van der Waals surface area contributed by atoms with Crippen molar-refractivity contribution in [3.8, 4) is 5.75 Å². The molecule has 0 bridgehead atoms. The smallest absolute Gasteiger partial charge is 0.230 e. The molecule has 4 nitrogen and oxygen atoms in total.